The van der Waals surface area contributed by atoms with Crippen molar-refractivity contribution in [3.05, 3.63) is 57.3 Å². The average Bonchev–Trinajstić information content (AvgIpc) is 3.14. The van der Waals surface area contributed by atoms with Crippen molar-refractivity contribution < 1.29 is 22.7 Å². The van der Waals surface area contributed by atoms with Gasteiger partial charge >= 0.3 is 5.97 Å². The Morgan fingerprint density at radius 3 is 2.38 bits per heavy atom. The number of hydrogen-bond acceptors (Lipinski definition) is 6. The molecule has 34 heavy (non-hydrogen) atoms. The van der Waals surface area contributed by atoms with E-state index < -0.39 is 21.9 Å². The van der Waals surface area contributed by atoms with Crippen molar-refractivity contribution in [3.63, 3.8) is 0 Å². The highest BCUT2D eigenvalue weighted by atomic mass is 35.5. The van der Waals surface area contributed by atoms with E-state index in [2.05, 4.69) is 4.99 Å². The van der Waals surface area contributed by atoms with E-state index in [1.807, 2.05) is 0 Å². The third-order valence-electron chi connectivity index (χ3n) is 5.62. The number of carbonyl (C=O) groups is 2. The standard InChI is InChI=1S/C22H21Cl2N3O5S2/c1-32-20(28)13-27-18-7-4-16(24)12-19(18)33-22(27)25-21(29)14-8-10-26(11-9-14)34(30,31)17-5-2-15(23)3-6-17/h2-7,12,14H,8-11,13H2,1H3. The minimum atomic E-state index is -3.66. The highest BCUT2D eigenvalue weighted by Gasteiger charge is 2.32. The Kier molecular flexibility index (Phi) is 7.44. The van der Waals surface area contributed by atoms with Crippen LogP contribution in [0.5, 0.6) is 0 Å². The molecular weight excluding hydrogens is 521 g/mol. The van der Waals surface area contributed by atoms with Crippen LogP contribution in [-0.4, -0.2) is 49.4 Å². The van der Waals surface area contributed by atoms with Gasteiger partial charge in [0, 0.05) is 29.1 Å². The summed E-state index contributed by atoms with van der Waals surface area (Å²) in [7, 11) is -2.37. The Hall–Kier alpha value is -2.24. The average molecular weight is 542 g/mol. The van der Waals surface area contributed by atoms with Gasteiger partial charge in [0.25, 0.3) is 5.91 Å². The second-order valence-corrected chi connectivity index (χ2v) is 11.6. The van der Waals surface area contributed by atoms with Crippen LogP contribution in [0, 0.1) is 5.92 Å². The summed E-state index contributed by atoms with van der Waals surface area (Å²) >= 11 is 13.2. The Morgan fingerprint density at radius 2 is 1.74 bits per heavy atom. The number of benzene rings is 2. The van der Waals surface area contributed by atoms with Crippen LogP contribution in [0.1, 0.15) is 12.8 Å². The van der Waals surface area contributed by atoms with Crippen molar-refractivity contribution in [2.75, 3.05) is 20.2 Å². The second-order valence-electron chi connectivity index (χ2n) is 7.74. The number of halogens is 2. The SMILES string of the molecule is COC(=O)Cn1c(=NC(=O)C2CCN(S(=O)(=O)c3ccc(Cl)cc3)CC2)sc2cc(Cl)ccc21. The molecular formula is C22H21Cl2N3O5S2. The van der Waals surface area contributed by atoms with Crippen molar-refractivity contribution in [2.24, 2.45) is 10.9 Å². The zero-order chi connectivity index (χ0) is 24.5. The number of fused-ring (bicyclic) bond motifs is 1. The Labute approximate surface area is 210 Å². The van der Waals surface area contributed by atoms with Gasteiger partial charge in [-0.15, -0.1) is 0 Å². The molecule has 180 valence electrons. The number of methoxy groups -OCH3 is 1. The summed E-state index contributed by atoms with van der Waals surface area (Å²) in [4.78, 5) is 29.8. The first-order valence-electron chi connectivity index (χ1n) is 10.4. The van der Waals surface area contributed by atoms with Crippen LogP contribution in [0.25, 0.3) is 10.2 Å². The molecule has 0 aliphatic carbocycles. The highest BCUT2D eigenvalue weighted by molar-refractivity contribution is 7.89. The predicted octanol–water partition coefficient (Wildman–Crippen LogP) is 3.71. The third-order valence-corrected chi connectivity index (χ3v) is 9.06. The summed E-state index contributed by atoms with van der Waals surface area (Å²) in [5.41, 5.74) is 0.718. The van der Waals surface area contributed by atoms with Crippen LogP contribution >= 0.6 is 34.5 Å². The van der Waals surface area contributed by atoms with Gasteiger partial charge in [-0.25, -0.2) is 8.42 Å². The molecule has 8 nitrogen and oxygen atoms in total. The van der Waals surface area contributed by atoms with Gasteiger partial charge in [0.05, 0.1) is 22.2 Å². The maximum atomic E-state index is 13.0. The van der Waals surface area contributed by atoms with Crippen LogP contribution < -0.4 is 4.80 Å². The van der Waals surface area contributed by atoms with Crippen LogP contribution in [-0.2, 0) is 30.9 Å². The zero-order valence-electron chi connectivity index (χ0n) is 18.1. The van der Waals surface area contributed by atoms with E-state index >= 15 is 0 Å². The fourth-order valence-electron chi connectivity index (χ4n) is 3.76. The summed E-state index contributed by atoms with van der Waals surface area (Å²) in [6.07, 6.45) is 0.700. The van der Waals surface area contributed by atoms with Crippen LogP contribution in [0.15, 0.2) is 52.4 Å². The fourth-order valence-corrected chi connectivity index (χ4v) is 6.67. The zero-order valence-corrected chi connectivity index (χ0v) is 21.3. The van der Waals surface area contributed by atoms with E-state index in [1.54, 1.807) is 22.8 Å². The number of rotatable bonds is 5. The van der Waals surface area contributed by atoms with Crippen LogP contribution in [0.2, 0.25) is 10.0 Å². The lowest BCUT2D eigenvalue weighted by Gasteiger charge is -2.29. The van der Waals surface area contributed by atoms with Crippen LogP contribution in [0.4, 0.5) is 0 Å². The molecule has 1 fully saturated rings. The number of ether oxygens (including phenoxy) is 1. The lowest BCUT2D eigenvalue weighted by molar-refractivity contribution is -0.141. The Morgan fingerprint density at radius 1 is 1.09 bits per heavy atom. The molecule has 1 saturated heterocycles. The van der Waals surface area contributed by atoms with E-state index in [-0.39, 0.29) is 30.4 Å². The Balaban J connectivity index is 1.54. The van der Waals surface area contributed by atoms with E-state index in [1.165, 1.54) is 47.0 Å². The molecule has 2 aromatic carbocycles. The monoisotopic (exact) mass is 541 g/mol. The number of nitrogens with zero attached hydrogens (tertiary/aromatic N) is 3. The summed E-state index contributed by atoms with van der Waals surface area (Å²) in [5.74, 6) is -1.24. The molecule has 0 saturated carbocycles. The van der Waals surface area contributed by atoms with Gasteiger partial charge in [-0.1, -0.05) is 34.5 Å². The largest absolute Gasteiger partial charge is 0.468 e. The van der Waals surface area contributed by atoms with E-state index in [9.17, 15) is 18.0 Å². The molecule has 0 radical (unpaired) electrons. The van der Waals surface area contributed by atoms with Gasteiger partial charge in [-0.05, 0) is 55.3 Å². The van der Waals surface area contributed by atoms with Gasteiger partial charge in [0.15, 0.2) is 4.80 Å². The third kappa shape index (κ3) is 5.21. The fraction of sp³-hybridized carbons (Fsp3) is 0.318. The molecule has 0 spiro atoms. The van der Waals surface area contributed by atoms with Gasteiger partial charge in [0.1, 0.15) is 6.54 Å². The molecule has 3 aromatic rings. The lowest BCUT2D eigenvalue weighted by Crippen LogP contribution is -2.40. The minimum absolute atomic E-state index is 0.0952. The normalized spacial score (nSPS) is 16.1. The van der Waals surface area contributed by atoms with Crippen LogP contribution in [0.3, 0.4) is 0 Å². The van der Waals surface area contributed by atoms with Gasteiger partial charge in [-0.2, -0.15) is 9.30 Å². The van der Waals surface area contributed by atoms with E-state index in [0.29, 0.717) is 27.7 Å². The topological polar surface area (TPSA) is 98.0 Å². The first kappa shape index (κ1) is 24.9. The van der Waals surface area contributed by atoms with Crippen molar-refractivity contribution in [2.45, 2.75) is 24.3 Å². The number of amides is 1. The maximum absolute atomic E-state index is 13.0. The number of sulfonamides is 1. The summed E-state index contributed by atoms with van der Waals surface area (Å²) in [5, 5.41) is 0.990. The van der Waals surface area contributed by atoms with E-state index in [4.69, 9.17) is 27.9 Å². The second kappa shape index (κ2) is 10.2. The molecule has 1 amide bonds. The van der Waals surface area contributed by atoms with Gasteiger partial charge in [0.2, 0.25) is 10.0 Å². The molecule has 1 aliphatic rings. The molecule has 0 atom stereocenters. The van der Waals surface area contributed by atoms with Gasteiger partial charge < -0.3 is 9.30 Å². The molecule has 0 unspecified atom stereocenters. The predicted molar refractivity (Wildman–Crippen MR) is 130 cm³/mol. The van der Waals surface area contributed by atoms with Crippen molar-refractivity contribution in [3.8, 4) is 0 Å². The quantitative estimate of drug-likeness (QED) is 0.458. The highest BCUT2D eigenvalue weighted by Crippen LogP contribution is 2.26. The summed E-state index contributed by atoms with van der Waals surface area (Å²) < 4.78 is 34.3. The number of thiazole rings is 1. The number of piperidine rings is 1. The molecule has 1 aromatic heterocycles. The smallest absolute Gasteiger partial charge is 0.325 e. The molecule has 4 rings (SSSR count). The number of hydrogen-bond donors (Lipinski definition) is 0. The van der Waals surface area contributed by atoms with Crippen molar-refractivity contribution in [1.82, 2.24) is 8.87 Å². The van der Waals surface area contributed by atoms with Crippen molar-refractivity contribution in [1.29, 1.82) is 0 Å². The minimum Gasteiger partial charge on any atom is -0.468 e. The number of aromatic nitrogens is 1. The van der Waals surface area contributed by atoms with E-state index in [0.717, 1.165) is 10.2 Å². The summed E-state index contributed by atoms with van der Waals surface area (Å²) in [6.45, 7) is 0.324. The number of carbonyl (C=O) groups excluding carboxylic acids is 2. The van der Waals surface area contributed by atoms with Gasteiger partial charge in [-0.3, -0.25) is 9.59 Å². The number of esters is 1. The molecule has 0 N–H and O–H groups in total. The first-order valence-corrected chi connectivity index (χ1v) is 13.4. The lowest BCUT2D eigenvalue weighted by atomic mass is 9.98. The molecule has 0 bridgehead atoms. The molecule has 12 heteroatoms. The van der Waals surface area contributed by atoms with Crippen molar-refractivity contribution >= 4 is 66.7 Å². The Bertz CT molecular complexity index is 1410. The maximum Gasteiger partial charge on any atom is 0.325 e. The molecule has 1 aliphatic heterocycles. The molecule has 2 heterocycles. The first-order chi connectivity index (χ1) is 16.2. The summed E-state index contributed by atoms with van der Waals surface area (Å²) in [6, 6.07) is 11.2.